The predicted molar refractivity (Wildman–Crippen MR) is 77.5 cm³/mol. The lowest BCUT2D eigenvalue weighted by atomic mass is 9.84. The fourth-order valence-electron chi connectivity index (χ4n) is 1.82. The molecule has 0 spiro atoms. The topological polar surface area (TPSA) is 84.2 Å². The molecule has 0 aliphatic carbocycles. The lowest BCUT2D eigenvalue weighted by Gasteiger charge is -2.25. The fraction of sp³-hybridized carbons (Fsp3) is 0.857. The van der Waals surface area contributed by atoms with Crippen LogP contribution in [0.25, 0.3) is 0 Å². The Balaban J connectivity index is 4.36. The molecule has 0 radical (unpaired) electrons. The Labute approximate surface area is 116 Å². The second-order valence-corrected chi connectivity index (χ2v) is 6.22. The molecule has 0 bridgehead atoms. The highest BCUT2D eigenvalue weighted by Crippen LogP contribution is 2.24. The van der Waals surface area contributed by atoms with Gasteiger partial charge in [-0.25, -0.2) is 0 Å². The maximum atomic E-state index is 12.1. The van der Waals surface area contributed by atoms with Gasteiger partial charge in [-0.2, -0.15) is 0 Å². The third-order valence-electron chi connectivity index (χ3n) is 2.82. The molecule has 0 saturated carbocycles. The Morgan fingerprint density at radius 2 is 1.79 bits per heavy atom. The zero-order valence-electron chi connectivity index (χ0n) is 12.9. The number of hydrogen-bond donors (Lipinski definition) is 3. The summed E-state index contributed by atoms with van der Waals surface area (Å²) in [6.45, 7) is 10.8. The first kappa shape index (κ1) is 17.9. The Hall–Kier alpha value is -1.10. The van der Waals surface area contributed by atoms with Crippen LogP contribution >= 0.6 is 0 Å². The van der Waals surface area contributed by atoms with Crippen LogP contribution in [-0.4, -0.2) is 30.9 Å². The highest BCUT2D eigenvalue weighted by Gasteiger charge is 2.25. The average molecular weight is 271 g/mol. The number of carbonyl (C=O) groups excluding carboxylic acids is 2. The molecule has 0 aromatic carbocycles. The monoisotopic (exact) mass is 271 g/mol. The van der Waals surface area contributed by atoms with E-state index in [1.54, 1.807) is 6.92 Å². The molecule has 19 heavy (non-hydrogen) atoms. The minimum atomic E-state index is -0.520. The molecule has 4 N–H and O–H groups in total. The first-order valence-corrected chi connectivity index (χ1v) is 6.99. The quantitative estimate of drug-likeness (QED) is 0.646. The van der Waals surface area contributed by atoms with Gasteiger partial charge < -0.3 is 16.4 Å². The van der Waals surface area contributed by atoms with Crippen molar-refractivity contribution < 1.29 is 9.59 Å². The second-order valence-electron chi connectivity index (χ2n) is 6.22. The van der Waals surface area contributed by atoms with E-state index < -0.39 is 6.04 Å². The van der Waals surface area contributed by atoms with E-state index in [2.05, 4.69) is 31.4 Å². The van der Waals surface area contributed by atoms with E-state index in [4.69, 9.17) is 5.73 Å². The van der Waals surface area contributed by atoms with E-state index in [9.17, 15) is 9.59 Å². The van der Waals surface area contributed by atoms with Gasteiger partial charge in [0.2, 0.25) is 11.8 Å². The number of rotatable bonds is 7. The van der Waals surface area contributed by atoms with Crippen molar-refractivity contribution in [2.24, 2.45) is 17.1 Å². The van der Waals surface area contributed by atoms with Crippen molar-refractivity contribution in [3.05, 3.63) is 0 Å². The number of amides is 2. The van der Waals surface area contributed by atoms with Crippen molar-refractivity contribution in [1.82, 2.24) is 10.6 Å². The predicted octanol–water partition coefficient (Wildman–Crippen LogP) is 1.03. The van der Waals surface area contributed by atoms with Gasteiger partial charge in [0.25, 0.3) is 0 Å². The summed E-state index contributed by atoms with van der Waals surface area (Å²) in [5.74, 6) is -0.542. The largest absolute Gasteiger partial charge is 0.354 e. The van der Waals surface area contributed by atoms with Crippen LogP contribution in [0.2, 0.25) is 0 Å². The molecule has 2 atom stereocenters. The SMILES string of the molecule is CCCNC(=O)C(C)NC(=O)C(CN)CC(C)(C)C. The third-order valence-corrected chi connectivity index (χ3v) is 2.82. The van der Waals surface area contributed by atoms with Crippen LogP contribution in [-0.2, 0) is 9.59 Å². The van der Waals surface area contributed by atoms with E-state index >= 15 is 0 Å². The molecule has 0 aromatic heterocycles. The highest BCUT2D eigenvalue weighted by molar-refractivity contribution is 5.88. The van der Waals surface area contributed by atoms with E-state index in [0.29, 0.717) is 19.5 Å². The summed E-state index contributed by atoms with van der Waals surface area (Å²) in [6.07, 6.45) is 1.58. The van der Waals surface area contributed by atoms with E-state index in [0.717, 1.165) is 6.42 Å². The van der Waals surface area contributed by atoms with Gasteiger partial charge in [0.05, 0.1) is 5.92 Å². The van der Waals surface area contributed by atoms with Gasteiger partial charge in [0.1, 0.15) is 6.04 Å². The van der Waals surface area contributed by atoms with Crippen molar-refractivity contribution in [3.8, 4) is 0 Å². The van der Waals surface area contributed by atoms with Crippen molar-refractivity contribution in [1.29, 1.82) is 0 Å². The maximum Gasteiger partial charge on any atom is 0.242 e. The zero-order valence-corrected chi connectivity index (χ0v) is 12.9. The Morgan fingerprint density at radius 1 is 1.21 bits per heavy atom. The number of hydrogen-bond acceptors (Lipinski definition) is 3. The average Bonchev–Trinajstić information content (AvgIpc) is 2.31. The molecule has 0 heterocycles. The maximum absolute atomic E-state index is 12.1. The first-order valence-electron chi connectivity index (χ1n) is 6.99. The summed E-state index contributed by atoms with van der Waals surface area (Å²) >= 11 is 0. The Kier molecular flexibility index (Phi) is 7.68. The van der Waals surface area contributed by atoms with Gasteiger partial charge in [-0.1, -0.05) is 27.7 Å². The summed E-state index contributed by atoms with van der Waals surface area (Å²) in [6, 6.07) is -0.520. The summed E-state index contributed by atoms with van der Waals surface area (Å²) < 4.78 is 0. The summed E-state index contributed by atoms with van der Waals surface area (Å²) in [4.78, 5) is 23.7. The molecule has 0 saturated heterocycles. The molecule has 5 nitrogen and oxygen atoms in total. The highest BCUT2D eigenvalue weighted by atomic mass is 16.2. The molecule has 5 heteroatoms. The van der Waals surface area contributed by atoms with E-state index in [1.807, 2.05) is 6.92 Å². The van der Waals surface area contributed by atoms with Crippen LogP contribution in [0.4, 0.5) is 0 Å². The molecule has 112 valence electrons. The van der Waals surface area contributed by atoms with Crippen LogP contribution in [0, 0.1) is 11.3 Å². The summed E-state index contributed by atoms with van der Waals surface area (Å²) in [5.41, 5.74) is 5.69. The second kappa shape index (κ2) is 8.15. The van der Waals surface area contributed by atoms with Gasteiger partial charge in [-0.05, 0) is 25.2 Å². The first-order chi connectivity index (χ1) is 8.71. The molecular formula is C14H29N3O2. The van der Waals surface area contributed by atoms with Crippen molar-refractivity contribution in [2.75, 3.05) is 13.1 Å². The molecule has 2 unspecified atom stereocenters. The van der Waals surface area contributed by atoms with Crippen LogP contribution in [0.1, 0.15) is 47.5 Å². The van der Waals surface area contributed by atoms with Crippen molar-refractivity contribution in [2.45, 2.75) is 53.5 Å². The normalized spacial score (nSPS) is 14.6. The molecule has 2 amide bonds. The fourth-order valence-corrected chi connectivity index (χ4v) is 1.82. The molecule has 0 aromatic rings. The zero-order chi connectivity index (χ0) is 15.1. The lowest BCUT2D eigenvalue weighted by Crippen LogP contribution is -2.48. The Bertz CT molecular complexity index is 298. The number of carbonyl (C=O) groups is 2. The molecule has 0 rings (SSSR count). The van der Waals surface area contributed by atoms with Crippen LogP contribution in [0.5, 0.6) is 0 Å². The van der Waals surface area contributed by atoms with Crippen LogP contribution in [0.3, 0.4) is 0 Å². The van der Waals surface area contributed by atoms with Crippen LogP contribution in [0.15, 0.2) is 0 Å². The van der Waals surface area contributed by atoms with Crippen LogP contribution < -0.4 is 16.4 Å². The van der Waals surface area contributed by atoms with Gasteiger partial charge in [0, 0.05) is 13.1 Å². The third kappa shape index (κ3) is 7.82. The van der Waals surface area contributed by atoms with Gasteiger partial charge >= 0.3 is 0 Å². The van der Waals surface area contributed by atoms with Gasteiger partial charge in [-0.15, -0.1) is 0 Å². The van der Waals surface area contributed by atoms with Gasteiger partial charge in [-0.3, -0.25) is 9.59 Å². The number of nitrogens with two attached hydrogens (primary N) is 1. The van der Waals surface area contributed by atoms with Crippen molar-refractivity contribution in [3.63, 3.8) is 0 Å². The van der Waals surface area contributed by atoms with E-state index in [-0.39, 0.29) is 23.1 Å². The summed E-state index contributed by atoms with van der Waals surface area (Å²) in [7, 11) is 0. The molecule has 0 fully saturated rings. The molecule has 0 aliphatic rings. The number of nitrogens with one attached hydrogen (secondary N) is 2. The minimum absolute atomic E-state index is 0.0368. The lowest BCUT2D eigenvalue weighted by molar-refractivity contribution is -0.131. The smallest absolute Gasteiger partial charge is 0.242 e. The molecular weight excluding hydrogens is 242 g/mol. The standard InChI is InChI=1S/C14H29N3O2/c1-6-7-16-12(18)10(2)17-13(19)11(9-15)8-14(3,4)5/h10-11H,6-9,15H2,1-5H3,(H,16,18)(H,17,19). The Morgan fingerprint density at radius 3 is 2.21 bits per heavy atom. The van der Waals surface area contributed by atoms with Crippen molar-refractivity contribution >= 4 is 11.8 Å². The van der Waals surface area contributed by atoms with Gasteiger partial charge in [0.15, 0.2) is 0 Å². The minimum Gasteiger partial charge on any atom is -0.354 e. The summed E-state index contributed by atoms with van der Waals surface area (Å²) in [5, 5.41) is 5.49. The molecule has 0 aliphatic heterocycles. The van der Waals surface area contributed by atoms with E-state index in [1.165, 1.54) is 0 Å².